The van der Waals surface area contributed by atoms with E-state index in [0.717, 1.165) is 0 Å². The minimum absolute atomic E-state index is 0.0760. The molecule has 0 aliphatic carbocycles. The third-order valence-electron chi connectivity index (χ3n) is 1.25. The lowest BCUT2D eigenvalue weighted by molar-refractivity contribution is -0.143. The highest BCUT2D eigenvalue weighted by Crippen LogP contribution is 2.09. The first-order valence-corrected chi connectivity index (χ1v) is 3.36. The van der Waals surface area contributed by atoms with Crippen LogP contribution in [0, 0.1) is 5.92 Å². The van der Waals surface area contributed by atoms with Crippen molar-refractivity contribution in [1.29, 1.82) is 0 Å². The Labute approximate surface area is 64.0 Å². The number of carboxylic acids is 1. The smallest absolute Gasteiger partial charge is 0.306 e. The van der Waals surface area contributed by atoms with Crippen molar-refractivity contribution in [2.75, 3.05) is 0 Å². The number of carboxylic acid groups (broad SMARTS) is 1. The molecule has 0 bridgehead atoms. The van der Waals surface area contributed by atoms with Gasteiger partial charge in [0, 0.05) is 6.42 Å². The minimum atomic E-state index is -0.962. The van der Waals surface area contributed by atoms with Gasteiger partial charge in [0.15, 0.2) is 0 Å². The fraction of sp³-hybridized carbons (Fsp3) is 0.667. The summed E-state index contributed by atoms with van der Waals surface area (Å²) in [6, 6.07) is 0. The van der Waals surface area contributed by atoms with Crippen LogP contribution in [0.5, 0.6) is 0 Å². The monoisotopic (exact) mass is 164 g/mol. The van der Waals surface area contributed by atoms with Crippen LogP contribution in [0.4, 0.5) is 0 Å². The van der Waals surface area contributed by atoms with Crippen LogP contribution in [-0.4, -0.2) is 16.3 Å². The van der Waals surface area contributed by atoms with Crippen molar-refractivity contribution in [3.05, 3.63) is 0 Å². The van der Waals surface area contributed by atoms with Crippen LogP contribution >= 0.6 is 11.6 Å². The maximum atomic E-state index is 10.3. The molecule has 10 heavy (non-hydrogen) atoms. The van der Waals surface area contributed by atoms with E-state index in [1.165, 1.54) is 0 Å². The van der Waals surface area contributed by atoms with E-state index in [1.54, 1.807) is 6.92 Å². The summed E-state index contributed by atoms with van der Waals surface area (Å²) in [6.07, 6.45) is 0.362. The Kier molecular flexibility index (Phi) is 4.03. The van der Waals surface area contributed by atoms with E-state index in [0.29, 0.717) is 6.42 Å². The highest BCUT2D eigenvalue weighted by Gasteiger charge is 2.17. The predicted octanol–water partition coefficient (Wildman–Crippen LogP) is 1.25. The first kappa shape index (κ1) is 9.43. The summed E-state index contributed by atoms with van der Waals surface area (Å²) in [5.74, 6) is -1.58. The fourth-order valence-electron chi connectivity index (χ4n) is 0.600. The number of halogens is 1. The molecule has 4 heteroatoms. The number of carbonyl (C=O) groups is 2. The SMILES string of the molecule is CCC(CC(=O)Cl)C(=O)O. The van der Waals surface area contributed by atoms with Crippen LogP contribution in [0.15, 0.2) is 0 Å². The van der Waals surface area contributed by atoms with Crippen molar-refractivity contribution in [3.63, 3.8) is 0 Å². The molecular weight excluding hydrogens is 156 g/mol. The predicted molar refractivity (Wildman–Crippen MR) is 36.9 cm³/mol. The molecule has 0 radical (unpaired) electrons. The van der Waals surface area contributed by atoms with Crippen molar-refractivity contribution in [3.8, 4) is 0 Å². The van der Waals surface area contributed by atoms with Crippen molar-refractivity contribution in [1.82, 2.24) is 0 Å². The molecule has 0 spiro atoms. The van der Waals surface area contributed by atoms with Gasteiger partial charge in [0.05, 0.1) is 5.92 Å². The Hall–Kier alpha value is -0.570. The van der Waals surface area contributed by atoms with Crippen LogP contribution in [0.1, 0.15) is 19.8 Å². The van der Waals surface area contributed by atoms with Gasteiger partial charge in [-0.15, -0.1) is 0 Å². The summed E-state index contributed by atoms with van der Waals surface area (Å²) >= 11 is 4.99. The molecule has 0 fully saturated rings. The normalized spacial score (nSPS) is 12.6. The van der Waals surface area contributed by atoms with Gasteiger partial charge in [-0.05, 0) is 18.0 Å². The largest absolute Gasteiger partial charge is 0.481 e. The third-order valence-corrected chi connectivity index (χ3v) is 1.40. The first-order chi connectivity index (χ1) is 4.57. The van der Waals surface area contributed by atoms with Gasteiger partial charge in [0.25, 0.3) is 0 Å². The minimum Gasteiger partial charge on any atom is -0.481 e. The zero-order valence-electron chi connectivity index (χ0n) is 5.63. The van der Waals surface area contributed by atoms with Gasteiger partial charge in [0.1, 0.15) is 0 Å². The summed E-state index contributed by atoms with van der Waals surface area (Å²) in [6.45, 7) is 1.71. The van der Waals surface area contributed by atoms with Crippen molar-refractivity contribution in [2.45, 2.75) is 19.8 Å². The average molecular weight is 165 g/mol. The molecule has 0 aromatic rings. The number of hydrogen-bond donors (Lipinski definition) is 1. The topological polar surface area (TPSA) is 54.4 Å². The van der Waals surface area contributed by atoms with Gasteiger partial charge in [-0.2, -0.15) is 0 Å². The van der Waals surface area contributed by atoms with Gasteiger partial charge in [-0.3, -0.25) is 9.59 Å². The zero-order valence-corrected chi connectivity index (χ0v) is 6.39. The Bertz CT molecular complexity index is 144. The van der Waals surface area contributed by atoms with Crippen LogP contribution < -0.4 is 0 Å². The van der Waals surface area contributed by atoms with Crippen LogP contribution in [0.2, 0.25) is 0 Å². The van der Waals surface area contributed by atoms with E-state index in [1.807, 2.05) is 0 Å². The van der Waals surface area contributed by atoms with Crippen molar-refractivity contribution < 1.29 is 14.7 Å². The molecule has 0 aromatic heterocycles. The third kappa shape index (κ3) is 3.45. The van der Waals surface area contributed by atoms with Gasteiger partial charge in [-0.1, -0.05) is 6.92 Å². The molecule has 1 atom stereocenters. The molecule has 0 saturated carbocycles. The molecular formula is C6H9ClO3. The highest BCUT2D eigenvalue weighted by atomic mass is 35.5. The second-order valence-electron chi connectivity index (χ2n) is 2.00. The van der Waals surface area contributed by atoms with E-state index in [4.69, 9.17) is 16.7 Å². The Morgan fingerprint density at radius 1 is 1.60 bits per heavy atom. The van der Waals surface area contributed by atoms with Crippen molar-refractivity contribution >= 4 is 22.8 Å². The summed E-state index contributed by atoms with van der Waals surface area (Å²) in [5, 5.41) is 7.82. The summed E-state index contributed by atoms with van der Waals surface area (Å²) in [7, 11) is 0. The molecule has 1 unspecified atom stereocenters. The molecule has 3 nitrogen and oxygen atoms in total. The number of rotatable bonds is 4. The summed E-state index contributed by atoms with van der Waals surface area (Å²) < 4.78 is 0. The molecule has 0 aromatic carbocycles. The van der Waals surface area contributed by atoms with Gasteiger partial charge >= 0.3 is 5.97 Å². The second-order valence-corrected chi connectivity index (χ2v) is 2.42. The van der Waals surface area contributed by atoms with E-state index < -0.39 is 17.1 Å². The molecule has 0 rings (SSSR count). The van der Waals surface area contributed by atoms with E-state index in [-0.39, 0.29) is 6.42 Å². The van der Waals surface area contributed by atoms with Gasteiger partial charge < -0.3 is 5.11 Å². The summed E-state index contributed by atoms with van der Waals surface area (Å²) in [4.78, 5) is 20.5. The maximum absolute atomic E-state index is 10.3. The lowest BCUT2D eigenvalue weighted by Gasteiger charge is -2.03. The second kappa shape index (κ2) is 4.28. The molecule has 0 saturated heterocycles. The van der Waals surface area contributed by atoms with E-state index >= 15 is 0 Å². The highest BCUT2D eigenvalue weighted by molar-refractivity contribution is 6.63. The first-order valence-electron chi connectivity index (χ1n) is 2.99. The Balaban J connectivity index is 3.83. The Morgan fingerprint density at radius 3 is 2.20 bits per heavy atom. The maximum Gasteiger partial charge on any atom is 0.306 e. The van der Waals surface area contributed by atoms with E-state index in [2.05, 4.69) is 0 Å². The van der Waals surface area contributed by atoms with Gasteiger partial charge in [-0.25, -0.2) is 0 Å². The summed E-state index contributed by atoms with van der Waals surface area (Å²) in [5.41, 5.74) is 0. The quantitative estimate of drug-likeness (QED) is 0.637. The lowest BCUT2D eigenvalue weighted by atomic mass is 10.0. The van der Waals surface area contributed by atoms with Crippen LogP contribution in [0.25, 0.3) is 0 Å². The average Bonchev–Trinajstić information content (AvgIpc) is 1.81. The molecule has 1 N–H and O–H groups in total. The van der Waals surface area contributed by atoms with Gasteiger partial charge in [0.2, 0.25) is 5.24 Å². The van der Waals surface area contributed by atoms with Crippen LogP contribution in [0.3, 0.4) is 0 Å². The molecule has 58 valence electrons. The lowest BCUT2D eigenvalue weighted by Crippen LogP contribution is -2.14. The standard InChI is InChI=1S/C6H9ClO3/c1-2-4(6(9)10)3-5(7)8/h4H,2-3H2,1H3,(H,9,10). The fourth-order valence-corrected chi connectivity index (χ4v) is 0.786. The van der Waals surface area contributed by atoms with Crippen LogP contribution in [-0.2, 0) is 9.59 Å². The van der Waals surface area contributed by atoms with Crippen molar-refractivity contribution in [2.24, 2.45) is 5.92 Å². The number of aliphatic carboxylic acids is 1. The Morgan fingerprint density at radius 2 is 2.10 bits per heavy atom. The molecule has 0 aliphatic rings. The molecule has 0 heterocycles. The van der Waals surface area contributed by atoms with E-state index in [9.17, 15) is 9.59 Å². The number of carbonyl (C=O) groups excluding carboxylic acids is 1. The number of hydrogen-bond acceptors (Lipinski definition) is 2. The molecule has 0 aliphatic heterocycles. The zero-order chi connectivity index (χ0) is 8.15. The molecule has 0 amide bonds.